The lowest BCUT2D eigenvalue weighted by atomic mass is 9.75. The quantitative estimate of drug-likeness (QED) is 0.488. The summed E-state index contributed by atoms with van der Waals surface area (Å²) in [4.78, 5) is 27.7. The molecule has 2 heterocycles. The standard InChI is InChI=1S/C28H36N4O4/c1-6-28(7-2)16-22(33)32(25(29)31-28)17-18-11-10-12-19(15-18)24(34)30-23-20-13-8-9-14-21(20)36-26(3,4)27(23,5)35/h8-15,23,35H,6-7,16-17H2,1-5H3,(H2,29,31)(H,30,34). The molecule has 8 heteroatoms. The Morgan fingerprint density at radius 1 is 1.17 bits per heavy atom. The number of guanidine groups is 1. The van der Waals surface area contributed by atoms with Crippen LogP contribution in [0.5, 0.6) is 5.75 Å². The van der Waals surface area contributed by atoms with Gasteiger partial charge in [0, 0.05) is 16.7 Å². The zero-order valence-corrected chi connectivity index (χ0v) is 21.6. The van der Waals surface area contributed by atoms with Gasteiger partial charge in [-0.15, -0.1) is 0 Å². The molecule has 2 unspecified atom stereocenters. The van der Waals surface area contributed by atoms with Crippen LogP contribution in [0.4, 0.5) is 0 Å². The fraction of sp³-hybridized carbons (Fsp3) is 0.464. The number of carbonyl (C=O) groups excluding carboxylic acids is 2. The van der Waals surface area contributed by atoms with Crippen LogP contribution in [0, 0.1) is 5.41 Å². The summed E-state index contributed by atoms with van der Waals surface area (Å²) in [5.74, 6) is 0.262. The van der Waals surface area contributed by atoms with Crippen molar-refractivity contribution in [1.29, 1.82) is 5.41 Å². The number of amides is 2. The van der Waals surface area contributed by atoms with E-state index in [-0.39, 0.29) is 29.9 Å². The first-order valence-corrected chi connectivity index (χ1v) is 12.5. The van der Waals surface area contributed by atoms with E-state index in [1.54, 1.807) is 39.0 Å². The molecular formula is C28H36N4O4. The summed E-state index contributed by atoms with van der Waals surface area (Å²) >= 11 is 0. The Labute approximate surface area is 212 Å². The van der Waals surface area contributed by atoms with Gasteiger partial charge in [0.05, 0.1) is 19.0 Å². The molecule has 4 rings (SSSR count). The van der Waals surface area contributed by atoms with Crippen molar-refractivity contribution in [3.05, 3.63) is 65.2 Å². The van der Waals surface area contributed by atoms with Crippen molar-refractivity contribution >= 4 is 17.8 Å². The van der Waals surface area contributed by atoms with Crippen LogP contribution in [0.1, 0.15) is 81.4 Å². The van der Waals surface area contributed by atoms with E-state index < -0.39 is 17.2 Å². The van der Waals surface area contributed by atoms with Crippen molar-refractivity contribution in [2.24, 2.45) is 0 Å². The lowest BCUT2D eigenvalue weighted by Gasteiger charge is -2.49. The normalized spacial score (nSPS) is 24.4. The van der Waals surface area contributed by atoms with E-state index in [1.165, 1.54) is 4.90 Å². The molecule has 0 aromatic heterocycles. The van der Waals surface area contributed by atoms with E-state index in [9.17, 15) is 14.7 Å². The molecule has 2 amide bonds. The van der Waals surface area contributed by atoms with E-state index in [4.69, 9.17) is 10.1 Å². The Kier molecular flexibility index (Phi) is 6.60. The van der Waals surface area contributed by atoms with Gasteiger partial charge in [0.1, 0.15) is 17.0 Å². The SMILES string of the molecule is CCC1(CC)CC(=O)N(Cc2cccc(C(=O)NC3c4ccccc4OC(C)(C)C3(C)O)c2)C(=N)N1. The minimum atomic E-state index is -1.37. The molecule has 8 nitrogen and oxygen atoms in total. The highest BCUT2D eigenvalue weighted by Gasteiger charge is 2.53. The predicted molar refractivity (Wildman–Crippen MR) is 138 cm³/mol. The zero-order chi connectivity index (χ0) is 26.3. The second-order valence-corrected chi connectivity index (χ2v) is 10.5. The fourth-order valence-corrected chi connectivity index (χ4v) is 4.98. The van der Waals surface area contributed by atoms with Crippen LogP contribution >= 0.6 is 0 Å². The first-order chi connectivity index (χ1) is 16.9. The van der Waals surface area contributed by atoms with Crippen molar-refractivity contribution in [3.8, 4) is 5.75 Å². The van der Waals surface area contributed by atoms with Gasteiger partial charge >= 0.3 is 0 Å². The second kappa shape index (κ2) is 9.24. The van der Waals surface area contributed by atoms with Gasteiger partial charge in [0.2, 0.25) is 5.91 Å². The maximum Gasteiger partial charge on any atom is 0.251 e. The smallest absolute Gasteiger partial charge is 0.251 e. The number of hydrogen-bond acceptors (Lipinski definition) is 5. The molecule has 36 heavy (non-hydrogen) atoms. The van der Waals surface area contributed by atoms with E-state index >= 15 is 0 Å². The van der Waals surface area contributed by atoms with Crippen molar-refractivity contribution in [2.75, 3.05) is 0 Å². The van der Waals surface area contributed by atoms with Gasteiger partial charge in [0.25, 0.3) is 5.91 Å². The third kappa shape index (κ3) is 4.46. The summed E-state index contributed by atoms with van der Waals surface area (Å²) in [5.41, 5.74) is -0.833. The number of carbonyl (C=O) groups is 2. The maximum absolute atomic E-state index is 13.4. The molecule has 0 saturated carbocycles. The average molecular weight is 493 g/mol. The summed E-state index contributed by atoms with van der Waals surface area (Å²) < 4.78 is 6.04. The highest BCUT2D eigenvalue weighted by Crippen LogP contribution is 2.46. The third-order valence-electron chi connectivity index (χ3n) is 7.98. The Hall–Kier alpha value is -3.39. The summed E-state index contributed by atoms with van der Waals surface area (Å²) in [5, 5.41) is 26.0. The molecule has 0 aliphatic carbocycles. The Bertz CT molecular complexity index is 1170. The van der Waals surface area contributed by atoms with E-state index in [0.717, 1.165) is 18.4 Å². The van der Waals surface area contributed by atoms with Crippen molar-refractivity contribution in [3.63, 3.8) is 0 Å². The number of hydrogen-bond donors (Lipinski definition) is 4. The fourth-order valence-electron chi connectivity index (χ4n) is 4.98. The number of para-hydroxylation sites is 1. The Morgan fingerprint density at radius 2 is 1.86 bits per heavy atom. The van der Waals surface area contributed by atoms with Gasteiger partial charge in [-0.3, -0.25) is 19.9 Å². The van der Waals surface area contributed by atoms with Crippen molar-refractivity contribution < 1.29 is 19.4 Å². The summed E-state index contributed by atoms with van der Waals surface area (Å²) in [6.45, 7) is 9.49. The zero-order valence-electron chi connectivity index (χ0n) is 21.6. The highest BCUT2D eigenvalue weighted by molar-refractivity contribution is 5.99. The van der Waals surface area contributed by atoms with E-state index in [0.29, 0.717) is 23.3 Å². The Morgan fingerprint density at radius 3 is 2.53 bits per heavy atom. The van der Waals surface area contributed by atoms with E-state index in [1.807, 2.05) is 44.2 Å². The molecule has 0 spiro atoms. The molecule has 4 N–H and O–H groups in total. The largest absolute Gasteiger partial charge is 0.484 e. The minimum Gasteiger partial charge on any atom is -0.484 e. The molecule has 2 aliphatic heterocycles. The molecule has 2 aromatic rings. The van der Waals surface area contributed by atoms with Gasteiger partial charge in [-0.25, -0.2) is 0 Å². The van der Waals surface area contributed by atoms with Crippen LogP contribution in [0.2, 0.25) is 0 Å². The first kappa shape index (κ1) is 25.7. The lowest BCUT2D eigenvalue weighted by Crippen LogP contribution is -2.62. The number of ether oxygens (including phenoxy) is 1. The number of rotatable bonds is 6. The number of nitrogens with one attached hydrogen (secondary N) is 3. The lowest BCUT2D eigenvalue weighted by molar-refractivity contribution is -0.137. The van der Waals surface area contributed by atoms with Crippen LogP contribution in [0.3, 0.4) is 0 Å². The highest BCUT2D eigenvalue weighted by atomic mass is 16.5. The van der Waals surface area contributed by atoms with Crippen LogP contribution in [-0.4, -0.2) is 44.5 Å². The molecule has 2 atom stereocenters. The van der Waals surface area contributed by atoms with Crippen LogP contribution < -0.4 is 15.4 Å². The molecule has 1 saturated heterocycles. The monoisotopic (exact) mass is 492 g/mol. The third-order valence-corrected chi connectivity index (χ3v) is 7.98. The maximum atomic E-state index is 13.4. The van der Waals surface area contributed by atoms with Crippen LogP contribution in [-0.2, 0) is 11.3 Å². The minimum absolute atomic E-state index is 0.0851. The first-order valence-electron chi connectivity index (χ1n) is 12.5. The van der Waals surface area contributed by atoms with Crippen LogP contribution in [0.25, 0.3) is 0 Å². The van der Waals surface area contributed by atoms with Gasteiger partial charge in [-0.05, 0) is 57.4 Å². The number of nitrogens with zero attached hydrogens (tertiary/aromatic N) is 1. The summed E-state index contributed by atoms with van der Waals surface area (Å²) in [7, 11) is 0. The second-order valence-electron chi connectivity index (χ2n) is 10.5. The number of benzene rings is 2. The van der Waals surface area contributed by atoms with Gasteiger partial charge in [-0.2, -0.15) is 0 Å². The van der Waals surface area contributed by atoms with Gasteiger partial charge in [0.15, 0.2) is 5.96 Å². The average Bonchev–Trinajstić information content (AvgIpc) is 2.84. The van der Waals surface area contributed by atoms with Crippen molar-refractivity contribution in [2.45, 2.75) is 83.2 Å². The molecule has 192 valence electrons. The molecular weight excluding hydrogens is 456 g/mol. The predicted octanol–water partition coefficient (Wildman–Crippen LogP) is 3.90. The molecule has 0 bridgehead atoms. The topological polar surface area (TPSA) is 115 Å². The van der Waals surface area contributed by atoms with E-state index in [2.05, 4.69) is 10.6 Å². The molecule has 0 radical (unpaired) electrons. The van der Waals surface area contributed by atoms with Crippen molar-refractivity contribution in [1.82, 2.24) is 15.5 Å². The molecule has 2 aliphatic rings. The number of aliphatic hydroxyl groups is 1. The molecule has 1 fully saturated rings. The van der Waals surface area contributed by atoms with Gasteiger partial charge in [-0.1, -0.05) is 44.2 Å². The Balaban J connectivity index is 1.54. The number of fused-ring (bicyclic) bond motifs is 1. The van der Waals surface area contributed by atoms with Crippen LogP contribution in [0.15, 0.2) is 48.5 Å². The summed E-state index contributed by atoms with van der Waals surface area (Å²) in [6, 6.07) is 13.7. The summed E-state index contributed by atoms with van der Waals surface area (Å²) in [6.07, 6.45) is 1.85. The van der Waals surface area contributed by atoms with Gasteiger partial charge < -0.3 is 20.5 Å². The molecule has 2 aromatic carbocycles.